The number of nitriles is 3. The van der Waals surface area contributed by atoms with E-state index in [2.05, 4.69) is 18.2 Å². The van der Waals surface area contributed by atoms with Gasteiger partial charge in [0, 0.05) is 11.5 Å². The fourth-order valence-electron chi connectivity index (χ4n) is 4.30. The Labute approximate surface area is 158 Å². The summed E-state index contributed by atoms with van der Waals surface area (Å²) in [7, 11) is 3.11. The Morgan fingerprint density at radius 1 is 1.15 bits per heavy atom. The quantitative estimate of drug-likeness (QED) is 0.884. The van der Waals surface area contributed by atoms with Crippen LogP contribution in [0.2, 0.25) is 0 Å². The number of allylic oxidation sites excluding steroid dienone is 4. The van der Waals surface area contributed by atoms with Crippen LogP contribution in [0.25, 0.3) is 0 Å². The van der Waals surface area contributed by atoms with Gasteiger partial charge in [-0.15, -0.1) is 0 Å². The number of hydrogen-bond acceptors (Lipinski definition) is 6. The number of rotatable bonds is 3. The van der Waals surface area contributed by atoms with E-state index in [0.717, 1.165) is 24.8 Å². The van der Waals surface area contributed by atoms with E-state index in [-0.39, 0.29) is 17.2 Å². The van der Waals surface area contributed by atoms with E-state index >= 15 is 0 Å². The topological polar surface area (TPSA) is 116 Å². The first-order chi connectivity index (χ1) is 13.1. The average Bonchev–Trinajstić information content (AvgIpc) is 2.72. The van der Waals surface area contributed by atoms with Gasteiger partial charge in [0.2, 0.25) is 0 Å². The third-order valence-corrected chi connectivity index (χ3v) is 5.57. The van der Waals surface area contributed by atoms with Gasteiger partial charge in [0.05, 0.1) is 37.6 Å². The lowest BCUT2D eigenvalue weighted by Crippen LogP contribution is -2.42. The summed E-state index contributed by atoms with van der Waals surface area (Å²) in [6.45, 7) is 0. The predicted molar refractivity (Wildman–Crippen MR) is 98.2 cm³/mol. The predicted octanol–water partition coefficient (Wildman–Crippen LogP) is 3.30. The molecule has 6 nitrogen and oxygen atoms in total. The van der Waals surface area contributed by atoms with Crippen LogP contribution in [0.4, 0.5) is 0 Å². The first kappa shape index (κ1) is 18.4. The zero-order valence-electron chi connectivity index (χ0n) is 15.3. The molecule has 0 heterocycles. The van der Waals surface area contributed by atoms with Crippen molar-refractivity contribution < 1.29 is 9.47 Å². The first-order valence-electron chi connectivity index (χ1n) is 8.73. The average molecular weight is 360 g/mol. The Hall–Kier alpha value is -3.43. The van der Waals surface area contributed by atoms with Crippen LogP contribution in [0, 0.1) is 45.3 Å². The third kappa shape index (κ3) is 2.60. The number of fused-ring (bicyclic) bond motifs is 1. The van der Waals surface area contributed by atoms with E-state index in [1.807, 2.05) is 6.08 Å². The molecule has 6 heteroatoms. The van der Waals surface area contributed by atoms with Gasteiger partial charge in [0.25, 0.3) is 0 Å². The van der Waals surface area contributed by atoms with Gasteiger partial charge in [0.15, 0.2) is 5.41 Å². The minimum atomic E-state index is -1.65. The van der Waals surface area contributed by atoms with Crippen LogP contribution in [0.1, 0.15) is 30.7 Å². The highest BCUT2D eigenvalue weighted by molar-refractivity contribution is 5.61. The fraction of sp³-hybridized carbons (Fsp3) is 0.381. The van der Waals surface area contributed by atoms with Crippen molar-refractivity contribution >= 4 is 0 Å². The van der Waals surface area contributed by atoms with Crippen molar-refractivity contribution in [2.45, 2.75) is 25.2 Å². The van der Waals surface area contributed by atoms with Crippen molar-refractivity contribution in [2.75, 3.05) is 14.2 Å². The van der Waals surface area contributed by atoms with Crippen molar-refractivity contribution in [3.63, 3.8) is 0 Å². The molecule has 2 atom stereocenters. The Morgan fingerprint density at radius 3 is 2.48 bits per heavy atom. The summed E-state index contributed by atoms with van der Waals surface area (Å²) in [6.07, 6.45) is 4.54. The van der Waals surface area contributed by atoms with Gasteiger partial charge in [0.1, 0.15) is 17.6 Å². The third-order valence-electron chi connectivity index (χ3n) is 5.57. The molecule has 0 saturated heterocycles. The lowest BCUT2D eigenvalue weighted by molar-refractivity contribution is 0.304. The van der Waals surface area contributed by atoms with Crippen molar-refractivity contribution in [1.29, 1.82) is 15.8 Å². The lowest BCUT2D eigenvalue weighted by Gasteiger charge is -2.43. The molecule has 0 radical (unpaired) electrons. The molecule has 0 spiro atoms. The van der Waals surface area contributed by atoms with E-state index in [9.17, 15) is 15.8 Å². The van der Waals surface area contributed by atoms with Gasteiger partial charge in [-0.1, -0.05) is 6.08 Å². The number of nitrogens with zero attached hydrogens (tertiary/aromatic N) is 3. The highest BCUT2D eigenvalue weighted by atomic mass is 16.5. The maximum Gasteiger partial charge on any atom is 0.191 e. The Bertz CT molecular complexity index is 942. The van der Waals surface area contributed by atoms with Crippen LogP contribution in [0.5, 0.6) is 11.5 Å². The van der Waals surface area contributed by atoms with E-state index in [4.69, 9.17) is 15.2 Å². The SMILES string of the molecule is COc1ccc(OC)c([C@@H]2C3CCCC=C3C(C#N)=C(N)C2(C#N)C#N)c1. The molecule has 0 amide bonds. The van der Waals surface area contributed by atoms with Crippen molar-refractivity contribution in [1.82, 2.24) is 0 Å². The highest BCUT2D eigenvalue weighted by Crippen LogP contribution is 2.57. The fourth-order valence-corrected chi connectivity index (χ4v) is 4.30. The van der Waals surface area contributed by atoms with E-state index < -0.39 is 11.3 Å². The second kappa shape index (κ2) is 7.06. The first-order valence-corrected chi connectivity index (χ1v) is 8.73. The van der Waals surface area contributed by atoms with Gasteiger partial charge in [-0.2, -0.15) is 15.8 Å². The maximum absolute atomic E-state index is 10.0. The second-order valence-electron chi connectivity index (χ2n) is 6.71. The maximum atomic E-state index is 10.0. The summed E-state index contributed by atoms with van der Waals surface area (Å²) in [4.78, 5) is 0. The standard InChI is InChI=1S/C21H20N4O2/c1-26-13-7-8-18(27-2)16(9-13)19-15-6-4-3-5-14(15)17(10-22)20(25)21(19,11-23)12-24/h5,7-9,15,19H,3-4,6,25H2,1-2H3/t15?,19-/m0/s1. The summed E-state index contributed by atoms with van der Waals surface area (Å²) in [5.74, 6) is 0.446. The molecule has 0 saturated carbocycles. The van der Waals surface area contributed by atoms with Gasteiger partial charge in [-0.25, -0.2) is 0 Å². The second-order valence-corrected chi connectivity index (χ2v) is 6.71. The van der Waals surface area contributed by atoms with Crippen molar-refractivity contribution in [2.24, 2.45) is 17.1 Å². The number of methoxy groups -OCH3 is 2. The number of benzene rings is 1. The normalized spacial score (nSPS) is 23.1. The smallest absolute Gasteiger partial charge is 0.191 e. The van der Waals surface area contributed by atoms with Crippen LogP contribution in [-0.2, 0) is 0 Å². The molecular formula is C21H20N4O2. The summed E-state index contributed by atoms with van der Waals surface area (Å²) in [5, 5.41) is 29.8. The van der Waals surface area contributed by atoms with Gasteiger partial charge >= 0.3 is 0 Å². The van der Waals surface area contributed by atoms with Gasteiger partial charge in [-0.05, 0) is 49.0 Å². The van der Waals surface area contributed by atoms with Crippen LogP contribution in [0.3, 0.4) is 0 Å². The molecule has 2 aliphatic rings. The Kier molecular flexibility index (Phi) is 4.80. The lowest BCUT2D eigenvalue weighted by atomic mass is 9.56. The zero-order chi connectivity index (χ0) is 19.6. The molecule has 1 aromatic rings. The van der Waals surface area contributed by atoms with Crippen LogP contribution >= 0.6 is 0 Å². The molecule has 3 rings (SSSR count). The summed E-state index contributed by atoms with van der Waals surface area (Å²) < 4.78 is 10.9. The molecule has 1 aromatic carbocycles. The minimum absolute atomic E-state index is 0.0225. The summed E-state index contributed by atoms with van der Waals surface area (Å²) in [5.41, 5.74) is 6.45. The molecule has 27 heavy (non-hydrogen) atoms. The van der Waals surface area contributed by atoms with Crippen LogP contribution in [0.15, 0.2) is 41.1 Å². The van der Waals surface area contributed by atoms with E-state index in [1.54, 1.807) is 32.4 Å². The van der Waals surface area contributed by atoms with Crippen molar-refractivity contribution in [3.05, 3.63) is 46.7 Å². The molecule has 1 unspecified atom stereocenters. The molecule has 2 aliphatic carbocycles. The molecular weight excluding hydrogens is 340 g/mol. The summed E-state index contributed by atoms with van der Waals surface area (Å²) >= 11 is 0. The van der Waals surface area contributed by atoms with Crippen LogP contribution < -0.4 is 15.2 Å². The van der Waals surface area contributed by atoms with Gasteiger partial charge in [-0.3, -0.25) is 0 Å². The van der Waals surface area contributed by atoms with Crippen molar-refractivity contribution in [3.8, 4) is 29.7 Å². The zero-order valence-corrected chi connectivity index (χ0v) is 15.3. The molecule has 0 fully saturated rings. The monoisotopic (exact) mass is 360 g/mol. The largest absolute Gasteiger partial charge is 0.497 e. The highest BCUT2D eigenvalue weighted by Gasteiger charge is 2.54. The molecule has 2 N–H and O–H groups in total. The van der Waals surface area contributed by atoms with E-state index in [1.165, 1.54) is 0 Å². The minimum Gasteiger partial charge on any atom is -0.497 e. The molecule has 0 bridgehead atoms. The Balaban J connectivity index is 2.37. The molecule has 0 aliphatic heterocycles. The van der Waals surface area contributed by atoms with Gasteiger partial charge < -0.3 is 15.2 Å². The number of hydrogen-bond donors (Lipinski definition) is 1. The van der Waals surface area contributed by atoms with Crippen LogP contribution in [-0.4, -0.2) is 14.2 Å². The number of ether oxygens (including phenoxy) is 2. The summed E-state index contributed by atoms with van der Waals surface area (Å²) in [6, 6.07) is 11.7. The number of nitrogens with two attached hydrogens (primary N) is 1. The molecule has 136 valence electrons. The Morgan fingerprint density at radius 2 is 1.89 bits per heavy atom. The van der Waals surface area contributed by atoms with E-state index in [0.29, 0.717) is 17.1 Å². The molecule has 0 aromatic heterocycles.